The molecule has 0 atom stereocenters. The standard InChI is InChI=1S/C23H33N3O2/c1-3-4-11-20-22(19-9-6-5-7-10-19)21(23(24)27)18(2)26(20)13-8-12-25-14-16-28-17-15-25/h5-7,9-10H,3-4,8,11-17H2,1-2H3,(H2,24,27). The quantitative estimate of drug-likeness (QED) is 0.719. The molecule has 2 N–H and O–H groups in total. The highest BCUT2D eigenvalue weighted by atomic mass is 16.5. The molecule has 1 aliphatic rings. The number of rotatable bonds is 9. The minimum atomic E-state index is -0.332. The van der Waals surface area contributed by atoms with Crippen molar-refractivity contribution in [2.45, 2.75) is 46.1 Å². The van der Waals surface area contributed by atoms with Gasteiger partial charge in [-0.15, -0.1) is 0 Å². The predicted octanol–water partition coefficient (Wildman–Crippen LogP) is 3.63. The highest BCUT2D eigenvalue weighted by molar-refractivity contribution is 6.02. The number of nitrogens with zero attached hydrogens (tertiary/aromatic N) is 2. The number of benzene rings is 1. The zero-order valence-corrected chi connectivity index (χ0v) is 17.2. The summed E-state index contributed by atoms with van der Waals surface area (Å²) >= 11 is 0. The minimum Gasteiger partial charge on any atom is -0.379 e. The lowest BCUT2D eigenvalue weighted by molar-refractivity contribution is 0.0369. The van der Waals surface area contributed by atoms with E-state index < -0.39 is 0 Å². The molecule has 1 saturated heterocycles. The molecule has 0 saturated carbocycles. The maximum Gasteiger partial charge on any atom is 0.251 e. The maximum absolute atomic E-state index is 12.4. The molecule has 1 fully saturated rings. The highest BCUT2D eigenvalue weighted by Gasteiger charge is 2.24. The van der Waals surface area contributed by atoms with Crippen molar-refractivity contribution in [3.63, 3.8) is 0 Å². The van der Waals surface area contributed by atoms with Gasteiger partial charge in [0.05, 0.1) is 18.8 Å². The van der Waals surface area contributed by atoms with Gasteiger partial charge >= 0.3 is 0 Å². The van der Waals surface area contributed by atoms with Crippen LogP contribution < -0.4 is 5.73 Å². The molecule has 0 radical (unpaired) electrons. The van der Waals surface area contributed by atoms with Gasteiger partial charge in [0.15, 0.2) is 0 Å². The summed E-state index contributed by atoms with van der Waals surface area (Å²) in [5.74, 6) is -0.332. The molecule has 2 heterocycles. The molecule has 28 heavy (non-hydrogen) atoms. The number of ether oxygens (including phenoxy) is 1. The molecule has 1 aromatic heterocycles. The second kappa shape index (κ2) is 9.89. The Morgan fingerprint density at radius 2 is 1.82 bits per heavy atom. The van der Waals surface area contributed by atoms with Gasteiger partial charge in [0.25, 0.3) is 5.91 Å². The van der Waals surface area contributed by atoms with E-state index in [-0.39, 0.29) is 5.91 Å². The van der Waals surface area contributed by atoms with Gasteiger partial charge in [-0.1, -0.05) is 43.7 Å². The summed E-state index contributed by atoms with van der Waals surface area (Å²) in [6.07, 6.45) is 4.25. The Kier molecular flexibility index (Phi) is 7.29. The molecule has 3 rings (SSSR count). The lowest BCUT2D eigenvalue weighted by Crippen LogP contribution is -2.37. The summed E-state index contributed by atoms with van der Waals surface area (Å²) in [5, 5.41) is 0. The Balaban J connectivity index is 1.92. The number of unbranched alkanes of at least 4 members (excludes halogenated alkanes) is 1. The van der Waals surface area contributed by atoms with Crippen LogP contribution in [0.25, 0.3) is 11.1 Å². The zero-order chi connectivity index (χ0) is 19.9. The third-order valence-corrected chi connectivity index (χ3v) is 5.67. The van der Waals surface area contributed by atoms with Crippen LogP contribution in [0.3, 0.4) is 0 Å². The van der Waals surface area contributed by atoms with Crippen molar-refractivity contribution in [1.82, 2.24) is 9.47 Å². The van der Waals surface area contributed by atoms with Gasteiger partial charge in [-0.05, 0) is 31.7 Å². The third-order valence-electron chi connectivity index (χ3n) is 5.67. The van der Waals surface area contributed by atoms with Gasteiger partial charge in [-0.2, -0.15) is 0 Å². The molecule has 0 aliphatic carbocycles. The van der Waals surface area contributed by atoms with Gasteiger partial charge in [0.1, 0.15) is 0 Å². The van der Waals surface area contributed by atoms with Crippen molar-refractivity contribution in [3.05, 3.63) is 47.3 Å². The normalized spacial score (nSPS) is 15.1. The fourth-order valence-electron chi connectivity index (χ4n) is 4.20. The molecular weight excluding hydrogens is 350 g/mol. The summed E-state index contributed by atoms with van der Waals surface area (Å²) in [4.78, 5) is 14.8. The Bertz CT molecular complexity index is 777. The number of aromatic nitrogens is 1. The summed E-state index contributed by atoms with van der Waals surface area (Å²) in [7, 11) is 0. The number of hydrogen-bond acceptors (Lipinski definition) is 3. The minimum absolute atomic E-state index is 0.332. The molecule has 0 unspecified atom stereocenters. The lowest BCUT2D eigenvalue weighted by Gasteiger charge is -2.26. The Morgan fingerprint density at radius 1 is 1.11 bits per heavy atom. The Morgan fingerprint density at radius 3 is 2.46 bits per heavy atom. The second-order valence-electron chi connectivity index (χ2n) is 7.58. The predicted molar refractivity (Wildman–Crippen MR) is 114 cm³/mol. The highest BCUT2D eigenvalue weighted by Crippen LogP contribution is 2.34. The monoisotopic (exact) mass is 383 g/mol. The van der Waals surface area contributed by atoms with Gasteiger partial charge in [-0.3, -0.25) is 9.69 Å². The number of morpholine rings is 1. The Labute approximate surface area is 168 Å². The smallest absolute Gasteiger partial charge is 0.251 e. The maximum atomic E-state index is 12.4. The summed E-state index contributed by atoms with van der Waals surface area (Å²) in [5.41, 5.74) is 10.9. The van der Waals surface area contributed by atoms with E-state index in [1.54, 1.807) is 0 Å². The summed E-state index contributed by atoms with van der Waals surface area (Å²) in [6.45, 7) is 9.88. The zero-order valence-electron chi connectivity index (χ0n) is 17.2. The topological polar surface area (TPSA) is 60.5 Å². The van der Waals surface area contributed by atoms with Crippen LogP contribution in [0.2, 0.25) is 0 Å². The molecule has 0 bridgehead atoms. The van der Waals surface area contributed by atoms with E-state index in [0.29, 0.717) is 5.56 Å². The van der Waals surface area contributed by atoms with Crippen LogP contribution in [0.15, 0.2) is 30.3 Å². The van der Waals surface area contributed by atoms with Crippen molar-refractivity contribution in [2.75, 3.05) is 32.8 Å². The number of carbonyl (C=O) groups excluding carboxylic acids is 1. The SMILES string of the molecule is CCCCc1c(-c2ccccc2)c(C(N)=O)c(C)n1CCCN1CCOCC1. The molecule has 2 aromatic rings. The number of hydrogen-bond donors (Lipinski definition) is 1. The van der Waals surface area contributed by atoms with Crippen LogP contribution in [-0.4, -0.2) is 48.2 Å². The van der Waals surface area contributed by atoms with Crippen molar-refractivity contribution in [1.29, 1.82) is 0 Å². The van der Waals surface area contributed by atoms with Gasteiger partial charge in [-0.25, -0.2) is 0 Å². The molecule has 5 nitrogen and oxygen atoms in total. The third kappa shape index (κ3) is 4.65. The fraction of sp³-hybridized carbons (Fsp3) is 0.522. The van der Waals surface area contributed by atoms with Crippen molar-refractivity contribution in [3.8, 4) is 11.1 Å². The van der Waals surface area contributed by atoms with E-state index in [4.69, 9.17) is 10.5 Å². The average Bonchev–Trinajstić information content (AvgIpc) is 3.00. The average molecular weight is 384 g/mol. The first-order chi connectivity index (χ1) is 13.6. The molecule has 5 heteroatoms. The van der Waals surface area contributed by atoms with E-state index in [9.17, 15) is 4.79 Å². The molecule has 0 spiro atoms. The van der Waals surface area contributed by atoms with Crippen LogP contribution in [0.4, 0.5) is 0 Å². The molecular formula is C23H33N3O2. The van der Waals surface area contributed by atoms with E-state index in [0.717, 1.165) is 81.9 Å². The summed E-state index contributed by atoms with van der Waals surface area (Å²) < 4.78 is 7.79. The lowest BCUT2D eigenvalue weighted by atomic mass is 9.98. The number of amides is 1. The van der Waals surface area contributed by atoms with Crippen molar-refractivity contribution >= 4 is 5.91 Å². The molecule has 1 amide bonds. The van der Waals surface area contributed by atoms with Gasteiger partial charge < -0.3 is 15.0 Å². The first kappa shape index (κ1) is 20.6. The van der Waals surface area contributed by atoms with Crippen LogP contribution in [0, 0.1) is 6.92 Å². The number of nitrogens with two attached hydrogens (primary N) is 1. The molecule has 152 valence electrons. The number of carbonyl (C=O) groups is 1. The van der Waals surface area contributed by atoms with E-state index in [1.165, 1.54) is 5.69 Å². The molecule has 1 aliphatic heterocycles. The van der Waals surface area contributed by atoms with Crippen LogP contribution in [-0.2, 0) is 17.7 Å². The van der Waals surface area contributed by atoms with Crippen LogP contribution in [0.5, 0.6) is 0 Å². The Hall–Kier alpha value is -2.11. The fourth-order valence-corrected chi connectivity index (χ4v) is 4.20. The second-order valence-corrected chi connectivity index (χ2v) is 7.58. The van der Waals surface area contributed by atoms with Gasteiger partial charge in [0, 0.05) is 43.1 Å². The van der Waals surface area contributed by atoms with Crippen molar-refractivity contribution < 1.29 is 9.53 Å². The number of primary amides is 1. The largest absolute Gasteiger partial charge is 0.379 e. The van der Waals surface area contributed by atoms with E-state index in [2.05, 4.69) is 28.5 Å². The van der Waals surface area contributed by atoms with Gasteiger partial charge in [0.2, 0.25) is 0 Å². The summed E-state index contributed by atoms with van der Waals surface area (Å²) in [6, 6.07) is 10.2. The molecule has 1 aromatic carbocycles. The van der Waals surface area contributed by atoms with E-state index in [1.807, 2.05) is 25.1 Å². The van der Waals surface area contributed by atoms with E-state index >= 15 is 0 Å². The first-order valence-electron chi connectivity index (χ1n) is 10.5. The van der Waals surface area contributed by atoms with Crippen molar-refractivity contribution in [2.24, 2.45) is 5.73 Å². The first-order valence-corrected chi connectivity index (χ1v) is 10.5. The van der Waals surface area contributed by atoms with Crippen LogP contribution >= 0.6 is 0 Å². The van der Waals surface area contributed by atoms with Crippen LogP contribution in [0.1, 0.15) is 47.9 Å².